The van der Waals surface area contributed by atoms with Crippen molar-refractivity contribution in [1.29, 1.82) is 5.41 Å². The minimum atomic E-state index is -4.86. The van der Waals surface area contributed by atoms with E-state index in [2.05, 4.69) is 20.6 Å². The molecule has 0 fully saturated rings. The lowest BCUT2D eigenvalue weighted by Gasteiger charge is -2.12. The van der Waals surface area contributed by atoms with Crippen LogP contribution < -0.4 is 15.5 Å². The van der Waals surface area contributed by atoms with Gasteiger partial charge in [0.15, 0.2) is 0 Å². The number of ether oxygens (including phenoxy) is 1. The largest absolute Gasteiger partial charge is 0.573 e. The molecule has 0 unspecified atom stereocenters. The highest BCUT2D eigenvalue weighted by Crippen LogP contribution is 2.30. The number of halogens is 6. The number of hydrazone groups is 1. The maximum absolute atomic E-state index is 13.2. The van der Waals surface area contributed by atoms with Crippen molar-refractivity contribution in [3.05, 3.63) is 95.1 Å². The van der Waals surface area contributed by atoms with Crippen molar-refractivity contribution in [2.24, 2.45) is 5.10 Å². The third-order valence-corrected chi connectivity index (χ3v) is 4.68. The molecule has 12 heteroatoms. The summed E-state index contributed by atoms with van der Waals surface area (Å²) in [5.41, 5.74) is 2.96. The fourth-order valence-electron chi connectivity index (χ4n) is 3.02. The number of nitrogens with zero attached hydrogens (tertiary/aromatic N) is 1. The average molecular weight is 508 g/mol. The summed E-state index contributed by atoms with van der Waals surface area (Å²) in [4.78, 5) is 12.3. The SMILES string of the molecule is N=Cc1ccc(CC(=NNC(=O)Nc2ccc(OC(F)(F)F)cc2)c2cccc(C(F)(F)F)c2)cc1. The number of nitrogens with one attached hydrogen (secondary N) is 3. The zero-order valence-corrected chi connectivity index (χ0v) is 18.2. The first-order valence-corrected chi connectivity index (χ1v) is 10.2. The topological polar surface area (TPSA) is 86.6 Å². The first-order valence-electron chi connectivity index (χ1n) is 10.2. The number of benzene rings is 3. The number of hydrogen-bond donors (Lipinski definition) is 3. The van der Waals surface area contributed by atoms with Crippen LogP contribution in [0.2, 0.25) is 0 Å². The molecule has 0 spiro atoms. The van der Waals surface area contributed by atoms with E-state index in [1.165, 1.54) is 24.3 Å². The van der Waals surface area contributed by atoms with E-state index >= 15 is 0 Å². The van der Waals surface area contributed by atoms with Gasteiger partial charge in [0.05, 0.1) is 11.3 Å². The molecule has 6 nitrogen and oxygen atoms in total. The van der Waals surface area contributed by atoms with E-state index in [0.717, 1.165) is 30.5 Å². The van der Waals surface area contributed by atoms with Crippen molar-refractivity contribution >= 4 is 23.6 Å². The Labute approximate surface area is 201 Å². The van der Waals surface area contributed by atoms with Crippen LogP contribution in [0.5, 0.6) is 5.75 Å². The molecule has 0 radical (unpaired) electrons. The molecule has 0 aliphatic heterocycles. The van der Waals surface area contributed by atoms with Crippen molar-refractivity contribution in [1.82, 2.24) is 5.43 Å². The van der Waals surface area contributed by atoms with Gasteiger partial charge in [-0.15, -0.1) is 13.2 Å². The van der Waals surface area contributed by atoms with Crippen LogP contribution in [-0.2, 0) is 12.6 Å². The zero-order chi connectivity index (χ0) is 26.3. The molecule has 0 heterocycles. The smallest absolute Gasteiger partial charge is 0.406 e. The molecular weight excluding hydrogens is 490 g/mol. The molecule has 0 aliphatic carbocycles. The van der Waals surface area contributed by atoms with Crippen LogP contribution in [0.25, 0.3) is 0 Å². The Kier molecular flexibility index (Phi) is 7.97. The molecule has 0 aliphatic rings. The Balaban J connectivity index is 1.79. The van der Waals surface area contributed by atoms with Gasteiger partial charge >= 0.3 is 18.6 Å². The van der Waals surface area contributed by atoms with Crippen LogP contribution >= 0.6 is 0 Å². The maximum atomic E-state index is 13.2. The summed E-state index contributed by atoms with van der Waals surface area (Å²) in [6.45, 7) is 0. The standard InChI is InChI=1S/C24H18F6N4O2/c25-23(26,27)18-3-1-2-17(13-18)21(12-15-4-6-16(14-31)7-5-15)33-34-22(35)32-19-8-10-20(11-9-19)36-24(28,29)30/h1-11,13-14,31H,12H2,(H2,32,34,35). The monoisotopic (exact) mass is 508 g/mol. The molecule has 0 bridgehead atoms. The predicted octanol–water partition coefficient (Wildman–Crippen LogP) is 6.37. The van der Waals surface area contributed by atoms with E-state index in [4.69, 9.17) is 5.41 Å². The Hall–Kier alpha value is -4.35. The minimum Gasteiger partial charge on any atom is -0.406 e. The second-order valence-electron chi connectivity index (χ2n) is 7.34. The highest BCUT2D eigenvalue weighted by molar-refractivity contribution is 6.03. The Bertz CT molecular complexity index is 1240. The Morgan fingerprint density at radius 3 is 2.19 bits per heavy atom. The van der Waals surface area contributed by atoms with E-state index in [0.29, 0.717) is 11.1 Å². The molecule has 0 saturated carbocycles. The molecule has 3 rings (SSSR count). The molecule has 36 heavy (non-hydrogen) atoms. The molecular formula is C24H18F6N4O2. The van der Waals surface area contributed by atoms with Gasteiger partial charge in [-0.2, -0.15) is 18.3 Å². The zero-order valence-electron chi connectivity index (χ0n) is 18.2. The predicted molar refractivity (Wildman–Crippen MR) is 121 cm³/mol. The van der Waals surface area contributed by atoms with Crippen molar-refractivity contribution in [2.75, 3.05) is 5.32 Å². The number of rotatable bonds is 7. The van der Waals surface area contributed by atoms with Gasteiger partial charge in [0.2, 0.25) is 0 Å². The molecule has 3 N–H and O–H groups in total. The van der Waals surface area contributed by atoms with Crippen LogP contribution in [0.3, 0.4) is 0 Å². The van der Waals surface area contributed by atoms with Gasteiger partial charge in [0, 0.05) is 18.3 Å². The second-order valence-corrected chi connectivity index (χ2v) is 7.34. The van der Waals surface area contributed by atoms with Crippen LogP contribution in [0, 0.1) is 5.41 Å². The third kappa shape index (κ3) is 7.86. The van der Waals surface area contributed by atoms with Crippen LogP contribution in [0.4, 0.5) is 36.8 Å². The molecule has 188 valence electrons. The lowest BCUT2D eigenvalue weighted by atomic mass is 9.99. The number of carbonyl (C=O) groups is 1. The summed E-state index contributed by atoms with van der Waals surface area (Å²) in [5.74, 6) is -0.479. The number of anilines is 1. The molecule has 0 atom stereocenters. The molecule has 0 aromatic heterocycles. The molecule has 3 aromatic rings. The van der Waals surface area contributed by atoms with Gasteiger partial charge in [-0.25, -0.2) is 10.2 Å². The van der Waals surface area contributed by atoms with Crippen LogP contribution in [-0.4, -0.2) is 24.3 Å². The summed E-state index contributed by atoms with van der Waals surface area (Å²) >= 11 is 0. The normalized spacial score (nSPS) is 12.1. The number of urea groups is 1. The van der Waals surface area contributed by atoms with Gasteiger partial charge in [0.25, 0.3) is 0 Å². The Morgan fingerprint density at radius 1 is 0.944 bits per heavy atom. The fraction of sp³-hybridized carbons (Fsp3) is 0.125. The number of hydrogen-bond acceptors (Lipinski definition) is 4. The second kappa shape index (κ2) is 10.9. The molecule has 3 aromatic carbocycles. The number of amides is 2. The van der Waals surface area contributed by atoms with E-state index in [9.17, 15) is 31.1 Å². The summed E-state index contributed by atoms with van der Waals surface area (Å²) in [5, 5.41) is 13.6. The van der Waals surface area contributed by atoms with Gasteiger partial charge in [-0.1, -0.05) is 36.4 Å². The summed E-state index contributed by atoms with van der Waals surface area (Å²) in [7, 11) is 0. The Morgan fingerprint density at radius 2 is 1.61 bits per heavy atom. The van der Waals surface area contributed by atoms with Crippen LogP contribution in [0.15, 0.2) is 77.9 Å². The average Bonchev–Trinajstić information content (AvgIpc) is 2.82. The van der Waals surface area contributed by atoms with Crippen molar-refractivity contribution in [3.63, 3.8) is 0 Å². The maximum Gasteiger partial charge on any atom is 0.573 e. The highest BCUT2D eigenvalue weighted by atomic mass is 19.4. The number of carbonyl (C=O) groups excluding carboxylic acids is 1. The minimum absolute atomic E-state index is 0.0589. The van der Waals surface area contributed by atoms with Gasteiger partial charge < -0.3 is 15.5 Å². The van der Waals surface area contributed by atoms with Gasteiger partial charge in [-0.3, -0.25) is 0 Å². The van der Waals surface area contributed by atoms with Crippen molar-refractivity contribution in [2.45, 2.75) is 19.0 Å². The molecule has 2 amide bonds. The van der Waals surface area contributed by atoms with E-state index in [1.54, 1.807) is 24.3 Å². The molecule has 0 saturated heterocycles. The third-order valence-electron chi connectivity index (χ3n) is 4.68. The summed E-state index contributed by atoms with van der Waals surface area (Å²) < 4.78 is 80.2. The first kappa shape index (κ1) is 26.3. The number of alkyl halides is 6. The lowest BCUT2D eigenvalue weighted by Crippen LogP contribution is -2.26. The highest BCUT2D eigenvalue weighted by Gasteiger charge is 2.31. The van der Waals surface area contributed by atoms with Crippen molar-refractivity contribution < 1.29 is 35.9 Å². The van der Waals surface area contributed by atoms with Crippen LogP contribution in [0.1, 0.15) is 22.3 Å². The quantitative estimate of drug-likeness (QED) is 0.197. The summed E-state index contributed by atoms with van der Waals surface area (Å²) in [6.07, 6.45) is -8.25. The van der Waals surface area contributed by atoms with Crippen molar-refractivity contribution in [3.8, 4) is 5.75 Å². The van der Waals surface area contributed by atoms with E-state index in [1.807, 2.05) is 0 Å². The van der Waals surface area contributed by atoms with E-state index in [-0.39, 0.29) is 23.4 Å². The summed E-state index contributed by atoms with van der Waals surface area (Å²) in [6, 6.07) is 14.6. The van der Waals surface area contributed by atoms with Gasteiger partial charge in [0.1, 0.15) is 5.75 Å². The first-order chi connectivity index (χ1) is 16.9. The fourth-order valence-corrected chi connectivity index (χ4v) is 3.02. The van der Waals surface area contributed by atoms with E-state index < -0.39 is 29.9 Å². The lowest BCUT2D eigenvalue weighted by molar-refractivity contribution is -0.274. The van der Waals surface area contributed by atoms with Gasteiger partial charge in [-0.05, 0) is 53.1 Å².